The van der Waals surface area contributed by atoms with Gasteiger partial charge in [-0.3, -0.25) is 4.79 Å². The Morgan fingerprint density at radius 1 is 1.35 bits per heavy atom. The molecule has 0 spiro atoms. The van der Waals surface area contributed by atoms with E-state index in [4.69, 9.17) is 4.74 Å². The van der Waals surface area contributed by atoms with Crippen molar-refractivity contribution in [1.82, 2.24) is 14.9 Å². The first-order valence-electron chi connectivity index (χ1n) is 10.1. The SMILES string of the molecule is COCC(C)n1c(C)cc(/C=C(/C#N)C(=O)NCCNc2nc3ccccc3s2)c1C. The molecule has 1 unspecified atom stereocenters. The monoisotopic (exact) mass is 437 g/mol. The number of carbonyl (C=O) groups is 1. The molecule has 1 aromatic carbocycles. The van der Waals surface area contributed by atoms with E-state index in [9.17, 15) is 10.1 Å². The Bertz CT molecular complexity index is 1110. The molecule has 0 saturated carbocycles. The number of fused-ring (bicyclic) bond motifs is 1. The Labute approximate surface area is 186 Å². The first kappa shape index (κ1) is 22.5. The van der Waals surface area contributed by atoms with Gasteiger partial charge in [0.2, 0.25) is 0 Å². The van der Waals surface area contributed by atoms with Crippen LogP contribution < -0.4 is 10.6 Å². The van der Waals surface area contributed by atoms with Crippen molar-refractivity contribution in [3.8, 4) is 6.07 Å². The summed E-state index contributed by atoms with van der Waals surface area (Å²) in [6.45, 7) is 7.57. The van der Waals surface area contributed by atoms with E-state index in [0.29, 0.717) is 19.7 Å². The molecule has 0 fully saturated rings. The predicted octanol–water partition coefficient (Wildman–Crippen LogP) is 4.06. The van der Waals surface area contributed by atoms with Crippen molar-refractivity contribution in [2.45, 2.75) is 26.8 Å². The largest absolute Gasteiger partial charge is 0.383 e. The molecule has 31 heavy (non-hydrogen) atoms. The topological polar surface area (TPSA) is 92.0 Å². The van der Waals surface area contributed by atoms with Gasteiger partial charge < -0.3 is 19.9 Å². The summed E-state index contributed by atoms with van der Waals surface area (Å²) in [4.78, 5) is 17.0. The van der Waals surface area contributed by atoms with Crippen LogP contribution in [0.4, 0.5) is 5.13 Å². The van der Waals surface area contributed by atoms with Crippen molar-refractivity contribution in [2.24, 2.45) is 0 Å². The maximum Gasteiger partial charge on any atom is 0.262 e. The average molecular weight is 438 g/mol. The highest BCUT2D eigenvalue weighted by Crippen LogP contribution is 2.25. The minimum Gasteiger partial charge on any atom is -0.383 e. The van der Waals surface area contributed by atoms with Crippen LogP contribution in [0.25, 0.3) is 16.3 Å². The summed E-state index contributed by atoms with van der Waals surface area (Å²) in [5.41, 5.74) is 3.96. The molecule has 8 heteroatoms. The molecule has 0 aliphatic heterocycles. The van der Waals surface area contributed by atoms with Gasteiger partial charge in [-0.1, -0.05) is 23.5 Å². The number of benzene rings is 1. The number of thiazole rings is 1. The van der Waals surface area contributed by atoms with E-state index in [-0.39, 0.29) is 17.5 Å². The molecule has 0 aliphatic carbocycles. The van der Waals surface area contributed by atoms with Gasteiger partial charge in [-0.25, -0.2) is 4.98 Å². The zero-order valence-corrected chi connectivity index (χ0v) is 19.0. The molecule has 3 aromatic rings. The van der Waals surface area contributed by atoms with Gasteiger partial charge in [0.25, 0.3) is 5.91 Å². The molecule has 3 rings (SSSR count). The number of aromatic nitrogens is 2. The number of nitriles is 1. The number of nitrogens with zero attached hydrogens (tertiary/aromatic N) is 3. The van der Waals surface area contributed by atoms with Crippen molar-refractivity contribution in [3.63, 3.8) is 0 Å². The molecule has 162 valence electrons. The van der Waals surface area contributed by atoms with Crippen LogP contribution in [0.2, 0.25) is 0 Å². The van der Waals surface area contributed by atoms with E-state index < -0.39 is 0 Å². The fourth-order valence-corrected chi connectivity index (χ4v) is 4.53. The third-order valence-corrected chi connectivity index (χ3v) is 6.01. The van der Waals surface area contributed by atoms with Gasteiger partial charge >= 0.3 is 0 Å². The van der Waals surface area contributed by atoms with Gasteiger partial charge in [0.1, 0.15) is 11.6 Å². The molecule has 2 heterocycles. The van der Waals surface area contributed by atoms with Crippen LogP contribution in [0.3, 0.4) is 0 Å². The predicted molar refractivity (Wildman–Crippen MR) is 125 cm³/mol. The lowest BCUT2D eigenvalue weighted by Gasteiger charge is -2.17. The third kappa shape index (κ3) is 5.32. The summed E-state index contributed by atoms with van der Waals surface area (Å²) < 4.78 is 8.53. The first-order valence-corrected chi connectivity index (χ1v) is 10.9. The van der Waals surface area contributed by atoms with Crippen LogP contribution in [-0.2, 0) is 9.53 Å². The number of hydrogen-bond donors (Lipinski definition) is 2. The number of aryl methyl sites for hydroxylation is 1. The number of rotatable bonds is 9. The highest BCUT2D eigenvalue weighted by atomic mass is 32.1. The molecule has 0 radical (unpaired) electrons. The summed E-state index contributed by atoms with van der Waals surface area (Å²) in [5, 5.41) is 16.3. The van der Waals surface area contributed by atoms with Crippen molar-refractivity contribution >= 4 is 38.7 Å². The molecule has 2 N–H and O–H groups in total. The van der Waals surface area contributed by atoms with E-state index in [2.05, 4.69) is 27.1 Å². The Morgan fingerprint density at radius 2 is 2.13 bits per heavy atom. The summed E-state index contributed by atoms with van der Waals surface area (Å²) in [6.07, 6.45) is 1.65. The fraction of sp³-hybridized carbons (Fsp3) is 0.348. The second-order valence-corrected chi connectivity index (χ2v) is 8.37. The summed E-state index contributed by atoms with van der Waals surface area (Å²) in [7, 11) is 1.68. The maximum atomic E-state index is 12.5. The summed E-state index contributed by atoms with van der Waals surface area (Å²) >= 11 is 1.57. The lowest BCUT2D eigenvalue weighted by Crippen LogP contribution is -2.29. The second-order valence-electron chi connectivity index (χ2n) is 7.34. The van der Waals surface area contributed by atoms with Crippen LogP contribution in [0.15, 0.2) is 35.9 Å². The van der Waals surface area contributed by atoms with E-state index in [0.717, 1.165) is 32.3 Å². The maximum absolute atomic E-state index is 12.5. The molecule has 0 saturated heterocycles. The van der Waals surface area contributed by atoms with Gasteiger partial charge in [-0.05, 0) is 50.6 Å². The quantitative estimate of drug-likeness (QED) is 0.299. The first-order chi connectivity index (χ1) is 14.9. The third-order valence-electron chi connectivity index (χ3n) is 5.02. The molecule has 0 aliphatic rings. The molecular formula is C23H27N5O2S. The standard InChI is InChI=1S/C23H27N5O2S/c1-15-11-18(17(3)28(15)16(2)14-30-4)12-19(13-24)22(29)25-9-10-26-23-27-20-7-5-6-8-21(20)31-23/h5-8,11-12,16H,9-10,14H2,1-4H3,(H,25,29)(H,26,27)/b19-12-. The minimum absolute atomic E-state index is 0.0830. The van der Waals surface area contributed by atoms with Gasteiger partial charge in [-0.15, -0.1) is 0 Å². The van der Waals surface area contributed by atoms with Crippen LogP contribution in [-0.4, -0.2) is 42.3 Å². The number of carbonyl (C=O) groups excluding carboxylic acids is 1. The van der Waals surface area contributed by atoms with E-state index in [1.807, 2.05) is 50.2 Å². The van der Waals surface area contributed by atoms with Gasteiger partial charge in [0, 0.05) is 31.6 Å². The Kier molecular flexibility index (Phi) is 7.45. The second kappa shape index (κ2) is 10.2. The van der Waals surface area contributed by atoms with Crippen molar-refractivity contribution < 1.29 is 9.53 Å². The van der Waals surface area contributed by atoms with Gasteiger partial charge in [-0.2, -0.15) is 5.26 Å². The van der Waals surface area contributed by atoms with E-state index in [1.54, 1.807) is 24.5 Å². The number of anilines is 1. The highest BCUT2D eigenvalue weighted by Gasteiger charge is 2.15. The molecule has 7 nitrogen and oxygen atoms in total. The molecule has 1 amide bonds. The van der Waals surface area contributed by atoms with E-state index in [1.165, 1.54) is 0 Å². The molecule has 2 aromatic heterocycles. The minimum atomic E-state index is -0.386. The number of ether oxygens (including phenoxy) is 1. The lowest BCUT2D eigenvalue weighted by molar-refractivity contribution is -0.116. The van der Waals surface area contributed by atoms with Crippen LogP contribution in [0.5, 0.6) is 0 Å². The smallest absolute Gasteiger partial charge is 0.262 e. The lowest BCUT2D eigenvalue weighted by atomic mass is 10.1. The zero-order valence-electron chi connectivity index (χ0n) is 18.2. The van der Waals surface area contributed by atoms with Crippen LogP contribution in [0.1, 0.15) is 29.9 Å². The summed E-state index contributed by atoms with van der Waals surface area (Å²) in [5.74, 6) is -0.386. The van der Waals surface area contributed by atoms with Crippen LogP contribution >= 0.6 is 11.3 Å². The van der Waals surface area contributed by atoms with Gasteiger partial charge in [0.05, 0.1) is 22.9 Å². The Morgan fingerprint density at radius 3 is 2.84 bits per heavy atom. The van der Waals surface area contributed by atoms with Crippen LogP contribution in [0, 0.1) is 25.2 Å². The van der Waals surface area contributed by atoms with E-state index >= 15 is 0 Å². The Hall–Kier alpha value is -3.15. The zero-order chi connectivity index (χ0) is 22.4. The molecular weight excluding hydrogens is 410 g/mol. The average Bonchev–Trinajstić information content (AvgIpc) is 3.29. The number of amides is 1. The highest BCUT2D eigenvalue weighted by molar-refractivity contribution is 7.22. The number of para-hydroxylation sites is 1. The van der Waals surface area contributed by atoms with Crippen molar-refractivity contribution in [1.29, 1.82) is 5.26 Å². The number of methoxy groups -OCH3 is 1. The number of hydrogen-bond acceptors (Lipinski definition) is 6. The van der Waals surface area contributed by atoms with Crippen molar-refractivity contribution in [3.05, 3.63) is 52.9 Å². The van der Waals surface area contributed by atoms with Crippen molar-refractivity contribution in [2.75, 3.05) is 32.1 Å². The molecule has 1 atom stereocenters. The fourth-order valence-electron chi connectivity index (χ4n) is 3.64. The summed E-state index contributed by atoms with van der Waals surface area (Å²) in [6, 6.07) is 12.1. The normalized spacial score (nSPS) is 12.5. The Balaban J connectivity index is 1.60. The molecule has 0 bridgehead atoms. The van der Waals surface area contributed by atoms with Gasteiger partial charge in [0.15, 0.2) is 5.13 Å². The number of nitrogens with one attached hydrogen (secondary N) is 2.